The molecule has 0 radical (unpaired) electrons. The molecule has 0 saturated carbocycles. The number of para-hydroxylation sites is 1. The van der Waals surface area contributed by atoms with Crippen LogP contribution in [0, 0.1) is 0 Å². The predicted octanol–water partition coefficient (Wildman–Crippen LogP) is 2.47. The topological polar surface area (TPSA) is 124 Å². The average Bonchev–Trinajstić information content (AvgIpc) is 3.42. The van der Waals surface area contributed by atoms with E-state index in [-0.39, 0.29) is 30.1 Å². The zero-order valence-corrected chi connectivity index (χ0v) is 17.8. The SMILES string of the molecule is CC(=O)N1N=C(c2c(O)n(Cc3ccccc3)c(=O)[nH]c2=O)CC1c1c[nH]c2ccccc12. The first-order chi connectivity index (χ1) is 15.9. The minimum Gasteiger partial charge on any atom is -0.494 e. The van der Waals surface area contributed by atoms with Crippen LogP contribution < -0.4 is 11.2 Å². The molecule has 3 N–H and O–H groups in total. The fourth-order valence-corrected chi connectivity index (χ4v) is 4.30. The average molecular weight is 443 g/mol. The van der Waals surface area contributed by atoms with Crippen LogP contribution in [-0.4, -0.2) is 36.3 Å². The molecule has 1 aliphatic heterocycles. The van der Waals surface area contributed by atoms with Crippen LogP contribution in [-0.2, 0) is 11.3 Å². The Hall–Kier alpha value is -4.40. The maximum absolute atomic E-state index is 12.7. The molecular formula is C24H21N5O4. The van der Waals surface area contributed by atoms with E-state index in [9.17, 15) is 19.5 Å². The fourth-order valence-electron chi connectivity index (χ4n) is 4.30. The second-order valence-electron chi connectivity index (χ2n) is 7.95. The Morgan fingerprint density at radius 2 is 1.85 bits per heavy atom. The molecule has 1 amide bonds. The van der Waals surface area contributed by atoms with Gasteiger partial charge >= 0.3 is 5.69 Å². The molecule has 5 rings (SSSR count). The van der Waals surface area contributed by atoms with Crippen LogP contribution in [0.2, 0.25) is 0 Å². The molecule has 0 spiro atoms. The first-order valence-electron chi connectivity index (χ1n) is 10.5. The fraction of sp³-hybridized carbons (Fsp3) is 0.167. The number of carbonyl (C=O) groups is 1. The van der Waals surface area contributed by atoms with Gasteiger partial charge in [-0.15, -0.1) is 0 Å². The Bertz CT molecular complexity index is 1510. The van der Waals surface area contributed by atoms with E-state index >= 15 is 0 Å². The quantitative estimate of drug-likeness (QED) is 0.448. The largest absolute Gasteiger partial charge is 0.494 e. The number of aromatic nitrogens is 3. The third kappa shape index (κ3) is 3.53. The predicted molar refractivity (Wildman–Crippen MR) is 123 cm³/mol. The van der Waals surface area contributed by atoms with Crippen molar-refractivity contribution in [3.05, 3.63) is 98.3 Å². The van der Waals surface area contributed by atoms with Crippen molar-refractivity contribution in [3.63, 3.8) is 0 Å². The van der Waals surface area contributed by atoms with Crippen molar-refractivity contribution < 1.29 is 9.90 Å². The Kier molecular flexibility index (Phi) is 4.93. The first kappa shape index (κ1) is 20.5. The summed E-state index contributed by atoms with van der Waals surface area (Å²) in [6, 6.07) is 16.4. The summed E-state index contributed by atoms with van der Waals surface area (Å²) in [5.74, 6) is -0.775. The number of hydrazone groups is 1. The molecule has 33 heavy (non-hydrogen) atoms. The Balaban J connectivity index is 1.58. The van der Waals surface area contributed by atoms with Crippen LogP contribution in [0.4, 0.5) is 0 Å². The van der Waals surface area contributed by atoms with Gasteiger partial charge in [0, 0.05) is 36.0 Å². The summed E-state index contributed by atoms with van der Waals surface area (Å²) < 4.78 is 1.09. The van der Waals surface area contributed by atoms with Crippen molar-refractivity contribution in [3.8, 4) is 5.88 Å². The highest BCUT2D eigenvalue weighted by molar-refractivity contribution is 6.04. The molecule has 1 atom stereocenters. The third-order valence-corrected chi connectivity index (χ3v) is 5.86. The third-order valence-electron chi connectivity index (χ3n) is 5.86. The second kappa shape index (κ2) is 7.94. The van der Waals surface area contributed by atoms with Crippen molar-refractivity contribution in [2.45, 2.75) is 25.9 Å². The number of fused-ring (bicyclic) bond motifs is 1. The van der Waals surface area contributed by atoms with Crippen LogP contribution in [0.1, 0.15) is 36.1 Å². The van der Waals surface area contributed by atoms with Crippen molar-refractivity contribution >= 4 is 22.5 Å². The second-order valence-corrected chi connectivity index (χ2v) is 7.95. The van der Waals surface area contributed by atoms with Crippen LogP contribution in [0.5, 0.6) is 5.88 Å². The molecule has 166 valence electrons. The minimum absolute atomic E-state index is 0.0743. The van der Waals surface area contributed by atoms with Gasteiger partial charge in [0.2, 0.25) is 11.8 Å². The summed E-state index contributed by atoms with van der Waals surface area (Å²) in [4.78, 5) is 43.0. The van der Waals surface area contributed by atoms with Crippen LogP contribution in [0.25, 0.3) is 10.9 Å². The number of nitrogens with one attached hydrogen (secondary N) is 2. The highest BCUT2D eigenvalue weighted by atomic mass is 16.3. The van der Waals surface area contributed by atoms with Gasteiger partial charge in [-0.25, -0.2) is 9.80 Å². The lowest BCUT2D eigenvalue weighted by atomic mass is 9.98. The summed E-state index contributed by atoms with van der Waals surface area (Å²) in [7, 11) is 0. The molecule has 3 heterocycles. The van der Waals surface area contributed by atoms with Gasteiger partial charge in [-0.3, -0.25) is 19.1 Å². The van der Waals surface area contributed by atoms with E-state index in [0.29, 0.717) is 0 Å². The summed E-state index contributed by atoms with van der Waals surface area (Å²) >= 11 is 0. The Morgan fingerprint density at radius 1 is 1.12 bits per heavy atom. The molecule has 9 nitrogen and oxygen atoms in total. The van der Waals surface area contributed by atoms with E-state index < -0.39 is 23.2 Å². The van der Waals surface area contributed by atoms with Crippen molar-refractivity contribution in [1.29, 1.82) is 0 Å². The number of amides is 1. The van der Waals surface area contributed by atoms with E-state index in [2.05, 4.69) is 15.1 Å². The van der Waals surface area contributed by atoms with Gasteiger partial charge in [-0.1, -0.05) is 48.5 Å². The van der Waals surface area contributed by atoms with Gasteiger partial charge in [0.1, 0.15) is 5.56 Å². The highest BCUT2D eigenvalue weighted by Crippen LogP contribution is 2.37. The van der Waals surface area contributed by atoms with Gasteiger partial charge in [0.25, 0.3) is 5.56 Å². The lowest BCUT2D eigenvalue weighted by molar-refractivity contribution is -0.130. The number of carbonyl (C=O) groups excluding carboxylic acids is 1. The molecule has 0 saturated heterocycles. The van der Waals surface area contributed by atoms with Gasteiger partial charge in [-0.05, 0) is 11.6 Å². The van der Waals surface area contributed by atoms with Crippen molar-refractivity contribution in [1.82, 2.24) is 19.5 Å². The Labute approximate surface area is 187 Å². The standard InChI is InChI=1S/C24H21N5O4/c1-14(30)29-20(17-12-25-18-10-6-5-9-16(17)18)11-19(27-29)21-22(31)26-24(33)28(23(21)32)13-15-7-3-2-4-8-15/h2-10,12,20,25,32H,11,13H2,1H3,(H,26,31,33). The monoisotopic (exact) mass is 443 g/mol. The van der Waals surface area contributed by atoms with Crippen LogP contribution >= 0.6 is 0 Å². The lowest BCUT2D eigenvalue weighted by Crippen LogP contribution is -2.34. The summed E-state index contributed by atoms with van der Waals surface area (Å²) in [6.07, 6.45) is 2.03. The van der Waals surface area contributed by atoms with Crippen molar-refractivity contribution in [2.24, 2.45) is 5.10 Å². The van der Waals surface area contributed by atoms with Gasteiger partial charge in [0.05, 0.1) is 18.3 Å². The molecule has 1 unspecified atom stereocenters. The lowest BCUT2D eigenvalue weighted by Gasteiger charge is -2.19. The zero-order valence-electron chi connectivity index (χ0n) is 17.8. The summed E-state index contributed by atoms with van der Waals surface area (Å²) in [6.45, 7) is 1.47. The Morgan fingerprint density at radius 3 is 2.61 bits per heavy atom. The number of hydrogen-bond donors (Lipinski definition) is 3. The van der Waals surface area contributed by atoms with E-state index in [4.69, 9.17) is 0 Å². The van der Waals surface area contributed by atoms with E-state index in [0.717, 1.165) is 26.6 Å². The minimum atomic E-state index is -0.747. The molecule has 9 heteroatoms. The van der Waals surface area contributed by atoms with E-state index in [1.807, 2.05) is 60.8 Å². The van der Waals surface area contributed by atoms with Gasteiger partial charge in [0.15, 0.2) is 0 Å². The van der Waals surface area contributed by atoms with Gasteiger partial charge < -0.3 is 10.1 Å². The number of H-pyrrole nitrogens is 2. The van der Waals surface area contributed by atoms with Gasteiger partial charge in [-0.2, -0.15) is 5.10 Å². The zero-order chi connectivity index (χ0) is 23.1. The molecule has 2 aromatic carbocycles. The smallest absolute Gasteiger partial charge is 0.331 e. The number of rotatable bonds is 4. The number of benzene rings is 2. The number of aromatic amines is 2. The molecular weight excluding hydrogens is 422 g/mol. The summed E-state index contributed by atoms with van der Waals surface area (Å²) in [5, 5.41) is 17.6. The molecule has 0 bridgehead atoms. The number of nitrogens with zero attached hydrogens (tertiary/aromatic N) is 3. The molecule has 0 fully saturated rings. The molecule has 0 aliphatic carbocycles. The summed E-state index contributed by atoms with van der Waals surface area (Å²) in [5.41, 5.74) is 1.21. The molecule has 1 aliphatic rings. The molecule has 2 aromatic heterocycles. The number of hydrogen-bond acceptors (Lipinski definition) is 5. The van der Waals surface area contributed by atoms with E-state index in [1.54, 1.807) is 0 Å². The van der Waals surface area contributed by atoms with E-state index in [1.165, 1.54) is 11.9 Å². The normalized spacial score (nSPS) is 15.7. The maximum atomic E-state index is 12.7. The van der Waals surface area contributed by atoms with Crippen molar-refractivity contribution in [2.75, 3.05) is 0 Å². The molecule has 4 aromatic rings. The highest BCUT2D eigenvalue weighted by Gasteiger charge is 2.35. The number of aromatic hydroxyl groups is 1. The maximum Gasteiger partial charge on any atom is 0.331 e. The first-order valence-corrected chi connectivity index (χ1v) is 10.5. The van der Waals surface area contributed by atoms with Crippen LogP contribution in [0.3, 0.4) is 0 Å². The van der Waals surface area contributed by atoms with Crippen LogP contribution in [0.15, 0.2) is 75.5 Å².